The lowest BCUT2D eigenvalue weighted by Gasteiger charge is -2.25. The van der Waals surface area contributed by atoms with Crippen LogP contribution in [0.2, 0.25) is 0 Å². The molecule has 4 nitrogen and oxygen atoms in total. The van der Waals surface area contributed by atoms with E-state index in [9.17, 15) is 4.79 Å². The minimum Gasteiger partial charge on any atom is -0.385 e. The van der Waals surface area contributed by atoms with E-state index >= 15 is 0 Å². The molecule has 1 aliphatic rings. The third-order valence-electron chi connectivity index (χ3n) is 4.27. The number of anilines is 1. The van der Waals surface area contributed by atoms with Crippen LogP contribution in [-0.2, 0) is 4.74 Å². The van der Waals surface area contributed by atoms with Crippen LogP contribution >= 0.6 is 0 Å². The lowest BCUT2D eigenvalue weighted by molar-refractivity contribution is 0.0599. The van der Waals surface area contributed by atoms with Crippen LogP contribution in [0.4, 0.5) is 5.69 Å². The predicted molar refractivity (Wildman–Crippen MR) is 90.3 cm³/mol. The molecule has 122 valence electrons. The Morgan fingerprint density at radius 3 is 2.50 bits per heavy atom. The van der Waals surface area contributed by atoms with Gasteiger partial charge in [-0.3, -0.25) is 4.79 Å². The largest absolute Gasteiger partial charge is 0.385 e. The summed E-state index contributed by atoms with van der Waals surface area (Å²) in [6.45, 7) is 5.11. The maximum atomic E-state index is 11.8. The van der Waals surface area contributed by atoms with Crippen molar-refractivity contribution in [2.45, 2.75) is 26.2 Å². The van der Waals surface area contributed by atoms with E-state index in [2.05, 4.69) is 12.2 Å². The second kappa shape index (κ2) is 8.18. The Balaban J connectivity index is 1.77. The van der Waals surface area contributed by atoms with Crippen LogP contribution in [-0.4, -0.2) is 44.7 Å². The Morgan fingerprint density at radius 1 is 1.27 bits per heavy atom. The normalized spacial score (nSPS) is 17.0. The summed E-state index contributed by atoms with van der Waals surface area (Å²) in [6, 6.07) is 7.73. The smallest absolute Gasteiger partial charge is 0.253 e. The van der Waals surface area contributed by atoms with Gasteiger partial charge in [0.1, 0.15) is 0 Å². The van der Waals surface area contributed by atoms with Crippen molar-refractivity contribution >= 4 is 11.6 Å². The van der Waals surface area contributed by atoms with Gasteiger partial charge in [-0.1, -0.05) is 6.92 Å². The molecule has 0 bridgehead atoms. The van der Waals surface area contributed by atoms with E-state index in [1.165, 1.54) is 19.3 Å². The highest BCUT2D eigenvalue weighted by Crippen LogP contribution is 2.23. The number of ether oxygens (including phenoxy) is 1. The lowest BCUT2D eigenvalue weighted by Crippen LogP contribution is -2.22. The van der Waals surface area contributed by atoms with E-state index in [1.807, 2.05) is 24.3 Å². The van der Waals surface area contributed by atoms with Crippen LogP contribution in [0.15, 0.2) is 24.3 Å². The molecule has 1 unspecified atom stereocenters. The molecule has 0 radical (unpaired) electrons. The van der Waals surface area contributed by atoms with E-state index < -0.39 is 0 Å². The van der Waals surface area contributed by atoms with E-state index in [0.29, 0.717) is 5.92 Å². The average molecular weight is 304 g/mol. The standard InChI is InChI=1S/C18H28N2O2/c1-14(12-15-8-10-22-11-9-15)13-19-17-6-4-16(5-7-17)18(21)20(2)3/h4-7,14-15,19H,8-13H2,1-3H3. The van der Waals surface area contributed by atoms with Crippen molar-refractivity contribution in [3.8, 4) is 0 Å². The average Bonchev–Trinajstić information content (AvgIpc) is 2.53. The molecule has 1 aromatic rings. The van der Waals surface area contributed by atoms with Crippen molar-refractivity contribution in [2.24, 2.45) is 11.8 Å². The summed E-state index contributed by atoms with van der Waals surface area (Å²) in [5.41, 5.74) is 1.81. The molecule has 4 heteroatoms. The van der Waals surface area contributed by atoms with Crippen LogP contribution in [0.1, 0.15) is 36.5 Å². The molecule has 0 spiro atoms. The minimum absolute atomic E-state index is 0.0411. The zero-order valence-corrected chi connectivity index (χ0v) is 14.0. The summed E-state index contributed by atoms with van der Waals surface area (Å²) in [7, 11) is 3.54. The first-order chi connectivity index (χ1) is 10.6. The molecule has 1 fully saturated rings. The second-order valence-corrected chi connectivity index (χ2v) is 6.55. The highest BCUT2D eigenvalue weighted by Gasteiger charge is 2.16. The van der Waals surface area contributed by atoms with Gasteiger partial charge in [-0.2, -0.15) is 0 Å². The third kappa shape index (κ3) is 5.02. The maximum absolute atomic E-state index is 11.8. The van der Waals surface area contributed by atoms with Gasteiger partial charge in [0.25, 0.3) is 5.91 Å². The zero-order valence-electron chi connectivity index (χ0n) is 14.0. The quantitative estimate of drug-likeness (QED) is 0.877. The number of nitrogens with one attached hydrogen (secondary N) is 1. The molecule has 0 saturated carbocycles. The fraction of sp³-hybridized carbons (Fsp3) is 0.611. The van der Waals surface area contributed by atoms with Gasteiger partial charge < -0.3 is 15.0 Å². The van der Waals surface area contributed by atoms with Crippen molar-refractivity contribution in [1.82, 2.24) is 4.90 Å². The maximum Gasteiger partial charge on any atom is 0.253 e. The van der Waals surface area contributed by atoms with Crippen molar-refractivity contribution in [3.63, 3.8) is 0 Å². The molecular weight excluding hydrogens is 276 g/mol. The van der Waals surface area contributed by atoms with Gasteiger partial charge in [-0.05, 0) is 55.4 Å². The number of hydrogen-bond acceptors (Lipinski definition) is 3. The third-order valence-corrected chi connectivity index (χ3v) is 4.27. The Kier molecular flexibility index (Phi) is 6.25. The van der Waals surface area contributed by atoms with E-state index in [-0.39, 0.29) is 5.91 Å². The second-order valence-electron chi connectivity index (χ2n) is 6.55. The fourth-order valence-corrected chi connectivity index (χ4v) is 2.92. The molecule has 22 heavy (non-hydrogen) atoms. The Morgan fingerprint density at radius 2 is 1.91 bits per heavy atom. The number of rotatable bonds is 6. The fourth-order valence-electron chi connectivity index (χ4n) is 2.92. The van der Waals surface area contributed by atoms with Gasteiger partial charge >= 0.3 is 0 Å². The summed E-state index contributed by atoms with van der Waals surface area (Å²) in [4.78, 5) is 13.4. The van der Waals surface area contributed by atoms with E-state index in [4.69, 9.17) is 4.74 Å². The van der Waals surface area contributed by atoms with Gasteiger partial charge in [0.2, 0.25) is 0 Å². The molecule has 1 N–H and O–H groups in total. The number of hydrogen-bond donors (Lipinski definition) is 1. The summed E-state index contributed by atoms with van der Waals surface area (Å²) in [6.07, 6.45) is 3.66. The first-order valence-corrected chi connectivity index (χ1v) is 8.19. The predicted octanol–water partition coefficient (Wildman–Crippen LogP) is 3.25. The van der Waals surface area contributed by atoms with Crippen LogP contribution in [0.5, 0.6) is 0 Å². The van der Waals surface area contributed by atoms with Gasteiger partial charge in [-0.25, -0.2) is 0 Å². The number of carbonyl (C=O) groups is 1. The summed E-state index contributed by atoms with van der Waals surface area (Å²) < 4.78 is 5.41. The molecule has 0 aromatic heterocycles. The number of benzene rings is 1. The van der Waals surface area contributed by atoms with Crippen molar-refractivity contribution < 1.29 is 9.53 Å². The highest BCUT2D eigenvalue weighted by atomic mass is 16.5. The SMILES string of the molecule is CC(CNc1ccc(C(=O)N(C)C)cc1)CC1CCOCC1. The summed E-state index contributed by atoms with van der Waals surface area (Å²) >= 11 is 0. The van der Waals surface area contributed by atoms with Gasteiger partial charge in [0.15, 0.2) is 0 Å². The molecule has 1 saturated heterocycles. The lowest BCUT2D eigenvalue weighted by atomic mass is 9.90. The Bertz CT molecular complexity index is 464. The van der Waals surface area contributed by atoms with E-state index in [1.54, 1.807) is 19.0 Å². The Hall–Kier alpha value is -1.55. The van der Waals surface area contributed by atoms with Crippen LogP contribution < -0.4 is 5.32 Å². The molecule has 1 amide bonds. The van der Waals surface area contributed by atoms with Crippen molar-refractivity contribution in [3.05, 3.63) is 29.8 Å². The van der Waals surface area contributed by atoms with E-state index in [0.717, 1.165) is 36.9 Å². The molecule has 1 heterocycles. The molecule has 1 aliphatic heterocycles. The van der Waals surface area contributed by atoms with Crippen molar-refractivity contribution in [2.75, 3.05) is 39.2 Å². The van der Waals surface area contributed by atoms with Gasteiger partial charge in [0.05, 0.1) is 0 Å². The zero-order chi connectivity index (χ0) is 15.9. The molecule has 1 aromatic carbocycles. The van der Waals surface area contributed by atoms with Crippen LogP contribution in [0.3, 0.4) is 0 Å². The molecular formula is C18H28N2O2. The molecule has 1 atom stereocenters. The number of carbonyl (C=O) groups excluding carboxylic acids is 1. The molecule has 2 rings (SSSR count). The van der Waals surface area contributed by atoms with Gasteiger partial charge in [0, 0.05) is 45.1 Å². The minimum atomic E-state index is 0.0411. The first-order valence-electron chi connectivity index (χ1n) is 8.19. The summed E-state index contributed by atoms with van der Waals surface area (Å²) in [5.74, 6) is 1.50. The molecule has 0 aliphatic carbocycles. The number of nitrogens with zero attached hydrogens (tertiary/aromatic N) is 1. The monoisotopic (exact) mass is 304 g/mol. The van der Waals surface area contributed by atoms with Crippen LogP contribution in [0.25, 0.3) is 0 Å². The topological polar surface area (TPSA) is 41.6 Å². The summed E-state index contributed by atoms with van der Waals surface area (Å²) in [5, 5.41) is 3.47. The van der Waals surface area contributed by atoms with Crippen LogP contribution in [0, 0.1) is 11.8 Å². The number of amides is 1. The first kappa shape index (κ1) is 16.8. The highest BCUT2D eigenvalue weighted by molar-refractivity contribution is 5.94. The Labute approximate surface area is 133 Å². The van der Waals surface area contributed by atoms with Crippen molar-refractivity contribution in [1.29, 1.82) is 0 Å². The van der Waals surface area contributed by atoms with Gasteiger partial charge in [-0.15, -0.1) is 0 Å².